The van der Waals surface area contributed by atoms with Gasteiger partial charge in [0.05, 0.1) is 21.5 Å². The van der Waals surface area contributed by atoms with Crippen LogP contribution in [0.3, 0.4) is 0 Å². The fourth-order valence-corrected chi connectivity index (χ4v) is 6.04. The van der Waals surface area contributed by atoms with Crippen molar-refractivity contribution in [2.75, 3.05) is 18.0 Å². The van der Waals surface area contributed by atoms with E-state index in [1.54, 1.807) is 43.7 Å². The fourth-order valence-electron chi connectivity index (χ4n) is 4.32. The van der Waals surface area contributed by atoms with E-state index < -0.39 is 21.1 Å². The van der Waals surface area contributed by atoms with Gasteiger partial charge in [0.15, 0.2) is 0 Å². The highest BCUT2D eigenvalue weighted by molar-refractivity contribution is 7.91. The van der Waals surface area contributed by atoms with E-state index in [2.05, 4.69) is 0 Å². The molecule has 1 saturated heterocycles. The van der Waals surface area contributed by atoms with Gasteiger partial charge in [-0.25, -0.2) is 12.8 Å². The average Bonchev–Trinajstić information content (AvgIpc) is 3.01. The van der Waals surface area contributed by atoms with E-state index in [1.165, 1.54) is 12.3 Å². The van der Waals surface area contributed by atoms with Crippen molar-refractivity contribution < 1.29 is 12.8 Å². The zero-order chi connectivity index (χ0) is 22.3. The van der Waals surface area contributed by atoms with Gasteiger partial charge in [-0.15, -0.1) is 0 Å². The summed E-state index contributed by atoms with van der Waals surface area (Å²) in [6.07, 6.45) is 5.62. The summed E-state index contributed by atoms with van der Waals surface area (Å²) in [4.78, 5) is 15.0. The predicted molar refractivity (Wildman–Crippen MR) is 121 cm³/mol. The molecule has 1 aromatic heterocycles. The summed E-state index contributed by atoms with van der Waals surface area (Å²) in [7, 11) is -2.36. The number of nitrogens with zero attached hydrogens (tertiary/aromatic N) is 2. The van der Waals surface area contributed by atoms with Gasteiger partial charge in [-0.05, 0) is 56.0 Å². The molecule has 0 radical (unpaired) electrons. The van der Waals surface area contributed by atoms with Crippen molar-refractivity contribution in [2.24, 2.45) is 7.05 Å². The first-order valence-electron chi connectivity index (χ1n) is 10.6. The standard InChI is InChI=1S/C24H27FN2O3S/c1-16-8-9-17(2)22(12-16)31(29,30)23-15-26(3)20-14-21(19(25)13-18(20)24(23)28)27-10-6-4-5-7-11-27/h8-9,12-15H,4-7,10-11H2,1-3H3. The molecule has 1 aliphatic heterocycles. The van der Waals surface area contributed by atoms with Gasteiger partial charge in [0.1, 0.15) is 10.7 Å². The van der Waals surface area contributed by atoms with Gasteiger partial charge < -0.3 is 9.47 Å². The number of rotatable bonds is 3. The quantitative estimate of drug-likeness (QED) is 0.599. The smallest absolute Gasteiger partial charge is 0.212 e. The average molecular weight is 443 g/mol. The van der Waals surface area contributed by atoms with Crippen LogP contribution in [0.1, 0.15) is 36.8 Å². The Morgan fingerprint density at radius 1 is 0.935 bits per heavy atom. The fraction of sp³-hybridized carbons (Fsp3) is 0.375. The summed E-state index contributed by atoms with van der Waals surface area (Å²) in [6, 6.07) is 7.98. The first-order valence-corrected chi connectivity index (χ1v) is 12.1. The number of hydrogen-bond donors (Lipinski definition) is 0. The largest absolute Gasteiger partial charge is 0.369 e. The second-order valence-corrected chi connectivity index (χ2v) is 10.3. The molecule has 0 unspecified atom stereocenters. The first kappa shape index (κ1) is 21.6. The number of aryl methyl sites for hydroxylation is 3. The Bertz CT molecular complexity index is 1320. The van der Waals surface area contributed by atoms with Crippen LogP contribution in [0.15, 0.2) is 51.1 Å². The van der Waals surface area contributed by atoms with Crippen molar-refractivity contribution in [1.29, 1.82) is 0 Å². The Hall–Kier alpha value is -2.67. The lowest BCUT2D eigenvalue weighted by Gasteiger charge is -2.24. The van der Waals surface area contributed by atoms with Gasteiger partial charge in [-0.1, -0.05) is 25.0 Å². The number of hydrogen-bond acceptors (Lipinski definition) is 4. The summed E-state index contributed by atoms with van der Waals surface area (Å²) in [5.41, 5.74) is 1.67. The van der Waals surface area contributed by atoms with E-state index in [1.807, 2.05) is 11.0 Å². The molecular formula is C24H27FN2O3S. The number of benzene rings is 2. The lowest BCUT2D eigenvalue weighted by atomic mass is 10.1. The van der Waals surface area contributed by atoms with Crippen molar-refractivity contribution in [2.45, 2.75) is 49.3 Å². The number of anilines is 1. The van der Waals surface area contributed by atoms with Gasteiger partial charge in [-0.2, -0.15) is 0 Å². The third-order valence-corrected chi connectivity index (χ3v) is 7.98. The molecule has 3 aromatic rings. The molecule has 0 aliphatic carbocycles. The van der Waals surface area contributed by atoms with Gasteiger partial charge in [0.2, 0.25) is 15.3 Å². The topological polar surface area (TPSA) is 59.4 Å². The molecule has 0 bridgehead atoms. The molecule has 4 rings (SSSR count). The number of aromatic nitrogens is 1. The summed E-state index contributed by atoms with van der Waals surface area (Å²) in [5.74, 6) is -0.493. The summed E-state index contributed by atoms with van der Waals surface area (Å²) in [5, 5.41) is 0.0740. The maximum absolute atomic E-state index is 15.1. The van der Waals surface area contributed by atoms with Crippen LogP contribution in [-0.4, -0.2) is 26.1 Å². The van der Waals surface area contributed by atoms with E-state index in [0.717, 1.165) is 44.3 Å². The van der Waals surface area contributed by atoms with Gasteiger partial charge in [0.25, 0.3) is 0 Å². The Morgan fingerprint density at radius 2 is 1.61 bits per heavy atom. The minimum atomic E-state index is -4.05. The molecule has 0 spiro atoms. The number of sulfone groups is 1. The van der Waals surface area contributed by atoms with Crippen LogP contribution < -0.4 is 10.3 Å². The molecule has 0 amide bonds. The SMILES string of the molecule is Cc1ccc(C)c(S(=O)(=O)c2cn(C)c3cc(N4CCCCCC4)c(F)cc3c2=O)c1. The Labute approximate surface area is 182 Å². The molecule has 1 aliphatic rings. The molecule has 164 valence electrons. The van der Waals surface area contributed by atoms with E-state index >= 15 is 4.39 Å². The van der Waals surface area contributed by atoms with Gasteiger partial charge in [0, 0.05) is 26.3 Å². The highest BCUT2D eigenvalue weighted by atomic mass is 32.2. The van der Waals surface area contributed by atoms with Crippen LogP contribution >= 0.6 is 0 Å². The summed E-state index contributed by atoms with van der Waals surface area (Å²) in [6.45, 7) is 5.05. The zero-order valence-electron chi connectivity index (χ0n) is 18.1. The highest BCUT2D eigenvalue weighted by Gasteiger charge is 2.26. The van der Waals surface area contributed by atoms with E-state index in [-0.39, 0.29) is 15.2 Å². The summed E-state index contributed by atoms with van der Waals surface area (Å²) < 4.78 is 43.4. The molecule has 31 heavy (non-hydrogen) atoms. The lowest BCUT2D eigenvalue weighted by Crippen LogP contribution is -2.25. The van der Waals surface area contributed by atoms with E-state index in [4.69, 9.17) is 0 Å². The Kier molecular flexibility index (Phi) is 5.64. The molecule has 0 saturated carbocycles. The molecule has 2 heterocycles. The third kappa shape index (κ3) is 3.87. The van der Waals surface area contributed by atoms with Crippen molar-refractivity contribution >= 4 is 26.4 Å². The predicted octanol–water partition coefficient (Wildman–Crippen LogP) is 4.51. The molecule has 5 nitrogen and oxygen atoms in total. The van der Waals surface area contributed by atoms with Crippen LogP contribution in [0.5, 0.6) is 0 Å². The maximum atomic E-state index is 15.1. The normalized spacial score (nSPS) is 15.3. The van der Waals surface area contributed by atoms with Crippen molar-refractivity contribution in [3.63, 3.8) is 0 Å². The monoisotopic (exact) mass is 442 g/mol. The molecule has 2 aromatic carbocycles. The van der Waals surface area contributed by atoms with Crippen LogP contribution in [0.25, 0.3) is 10.9 Å². The van der Waals surface area contributed by atoms with Crippen LogP contribution in [0, 0.1) is 19.7 Å². The lowest BCUT2D eigenvalue weighted by molar-refractivity contribution is 0.593. The molecule has 1 fully saturated rings. The highest BCUT2D eigenvalue weighted by Crippen LogP contribution is 2.29. The minimum Gasteiger partial charge on any atom is -0.369 e. The number of halogens is 1. The van der Waals surface area contributed by atoms with Crippen LogP contribution in [-0.2, 0) is 16.9 Å². The van der Waals surface area contributed by atoms with Crippen molar-refractivity contribution in [3.8, 4) is 0 Å². The summed E-state index contributed by atoms with van der Waals surface area (Å²) >= 11 is 0. The van der Waals surface area contributed by atoms with Crippen molar-refractivity contribution in [3.05, 3.63) is 63.7 Å². The molecular weight excluding hydrogens is 415 g/mol. The van der Waals surface area contributed by atoms with Crippen LogP contribution in [0.4, 0.5) is 10.1 Å². The first-order chi connectivity index (χ1) is 14.7. The van der Waals surface area contributed by atoms with E-state index in [0.29, 0.717) is 16.8 Å². The Balaban J connectivity index is 1.90. The minimum absolute atomic E-state index is 0.0740. The second-order valence-electron chi connectivity index (χ2n) is 8.43. The Morgan fingerprint density at radius 3 is 2.29 bits per heavy atom. The second kappa shape index (κ2) is 8.11. The van der Waals surface area contributed by atoms with Crippen LogP contribution in [0.2, 0.25) is 0 Å². The molecule has 7 heteroatoms. The number of pyridine rings is 1. The van der Waals surface area contributed by atoms with Crippen molar-refractivity contribution in [1.82, 2.24) is 4.57 Å². The third-order valence-electron chi connectivity index (χ3n) is 6.09. The number of fused-ring (bicyclic) bond motifs is 1. The molecule has 0 N–H and O–H groups in total. The zero-order valence-corrected chi connectivity index (χ0v) is 18.9. The van der Waals surface area contributed by atoms with Gasteiger partial charge in [-0.3, -0.25) is 4.79 Å². The van der Waals surface area contributed by atoms with E-state index in [9.17, 15) is 13.2 Å². The maximum Gasteiger partial charge on any atom is 0.212 e. The molecule has 0 atom stereocenters. The van der Waals surface area contributed by atoms with Gasteiger partial charge >= 0.3 is 0 Å².